The summed E-state index contributed by atoms with van der Waals surface area (Å²) in [6.45, 7) is 9.01. The Labute approximate surface area is 333 Å². The molecule has 6 nitrogen and oxygen atoms in total. The second-order valence-corrected chi connectivity index (χ2v) is 18.3. The summed E-state index contributed by atoms with van der Waals surface area (Å²) in [7, 11) is 5.06. The Balaban J connectivity index is 4.49. The predicted molar refractivity (Wildman–Crippen MR) is 236 cm³/mol. The summed E-state index contributed by atoms with van der Waals surface area (Å²) in [6, 6.07) is 0. The van der Waals surface area contributed by atoms with Crippen molar-refractivity contribution >= 4 is 7.75 Å². The van der Waals surface area contributed by atoms with Crippen molar-refractivity contribution in [3.8, 4) is 0 Å². The third kappa shape index (κ3) is 38.2. The van der Waals surface area contributed by atoms with E-state index in [1.165, 1.54) is 154 Å². The lowest BCUT2D eigenvalue weighted by Gasteiger charge is -2.31. The van der Waals surface area contributed by atoms with Gasteiger partial charge in [0.25, 0.3) is 0 Å². The van der Waals surface area contributed by atoms with Gasteiger partial charge in [-0.2, -0.15) is 0 Å². The SMILES string of the molecule is CCCCCCCC/C=C\CCCCCCCCOP(=O)(OCCCCCCCC/C=C\CCCCCCCC)N(CCCN(C)C)CCCN(C)C. The van der Waals surface area contributed by atoms with Gasteiger partial charge in [-0.05, 0) is 118 Å². The van der Waals surface area contributed by atoms with Crippen LogP contribution in [0, 0.1) is 0 Å². The minimum absolute atomic E-state index is 0.518. The maximum Gasteiger partial charge on any atom is 0.408 e. The van der Waals surface area contributed by atoms with Crippen LogP contribution in [0.5, 0.6) is 0 Å². The fraction of sp³-hybridized carbons (Fsp3) is 0.913. The van der Waals surface area contributed by atoms with E-state index in [1.807, 2.05) is 0 Å². The Bertz CT molecular complexity index is 773. The maximum atomic E-state index is 14.4. The molecule has 0 atom stereocenters. The third-order valence-corrected chi connectivity index (χ3v) is 12.3. The van der Waals surface area contributed by atoms with Crippen LogP contribution in [-0.2, 0) is 13.6 Å². The van der Waals surface area contributed by atoms with Gasteiger partial charge in [0.15, 0.2) is 0 Å². The molecule has 7 heteroatoms. The van der Waals surface area contributed by atoms with E-state index in [-0.39, 0.29) is 0 Å². The van der Waals surface area contributed by atoms with E-state index in [9.17, 15) is 4.57 Å². The summed E-state index contributed by atoms with van der Waals surface area (Å²) in [5, 5.41) is 0. The molecule has 316 valence electrons. The van der Waals surface area contributed by atoms with E-state index in [1.54, 1.807) is 0 Å². The summed E-state index contributed by atoms with van der Waals surface area (Å²) in [4.78, 5) is 4.40. The van der Waals surface area contributed by atoms with Crippen molar-refractivity contribution in [3.63, 3.8) is 0 Å². The molecule has 0 aliphatic rings. The first-order valence-electron chi connectivity index (χ1n) is 23.1. The van der Waals surface area contributed by atoms with Gasteiger partial charge in [0, 0.05) is 13.1 Å². The number of hydrogen-bond donors (Lipinski definition) is 0. The molecule has 0 aromatic carbocycles. The molecule has 0 radical (unpaired) electrons. The summed E-state index contributed by atoms with van der Waals surface area (Å²) in [5.74, 6) is 0. The Kier molecular flexibility index (Phi) is 40.8. The molecule has 0 aliphatic carbocycles. The molecule has 0 N–H and O–H groups in total. The summed E-state index contributed by atoms with van der Waals surface area (Å²) in [5.41, 5.74) is 0. The van der Waals surface area contributed by atoms with E-state index in [4.69, 9.17) is 9.05 Å². The lowest BCUT2D eigenvalue weighted by Crippen LogP contribution is -2.30. The molecule has 0 heterocycles. The van der Waals surface area contributed by atoms with Crippen LogP contribution < -0.4 is 0 Å². The molecule has 0 amide bonds. The third-order valence-electron chi connectivity index (χ3n) is 10.2. The number of rotatable bonds is 43. The minimum atomic E-state index is -3.35. The van der Waals surface area contributed by atoms with E-state index in [0.29, 0.717) is 13.2 Å². The van der Waals surface area contributed by atoms with Crippen LogP contribution in [0.15, 0.2) is 24.3 Å². The molecule has 0 unspecified atom stereocenters. The molecule has 0 saturated carbocycles. The van der Waals surface area contributed by atoms with Gasteiger partial charge in [0.2, 0.25) is 0 Å². The smallest absolute Gasteiger partial charge is 0.309 e. The molecule has 0 rings (SSSR count). The fourth-order valence-electron chi connectivity index (χ4n) is 6.76. The van der Waals surface area contributed by atoms with Crippen LogP contribution in [0.25, 0.3) is 0 Å². The average molecular weight is 768 g/mol. The lowest BCUT2D eigenvalue weighted by atomic mass is 10.1. The average Bonchev–Trinajstić information content (AvgIpc) is 3.13. The Morgan fingerprint density at radius 1 is 0.377 bits per heavy atom. The van der Waals surface area contributed by atoms with Crippen LogP contribution in [0.1, 0.15) is 206 Å². The second kappa shape index (κ2) is 41.2. The van der Waals surface area contributed by atoms with Crippen LogP contribution in [0.2, 0.25) is 0 Å². The van der Waals surface area contributed by atoms with E-state index >= 15 is 0 Å². The number of allylic oxidation sites excluding steroid dienone is 4. The standard InChI is InChI=1S/C46H94N3O3P/c1-7-9-11-13-15-17-19-21-23-25-27-29-31-33-35-37-45-51-53(50,49(43-39-41-47(3)4)44-40-42-48(5)6)52-46-38-36-34-32-30-28-26-24-22-20-18-16-14-12-10-8-2/h21-24H,7-20,25-46H2,1-6H3/b23-21-,24-22-. The number of hydrogen-bond acceptors (Lipinski definition) is 5. The summed E-state index contributed by atoms with van der Waals surface area (Å²) in [6.07, 6.45) is 47.3. The van der Waals surface area contributed by atoms with Gasteiger partial charge >= 0.3 is 7.75 Å². The van der Waals surface area contributed by atoms with E-state index in [2.05, 4.69) is 80.8 Å². The van der Waals surface area contributed by atoms with Gasteiger partial charge in [-0.25, -0.2) is 9.24 Å². The largest absolute Gasteiger partial charge is 0.408 e. The van der Waals surface area contributed by atoms with Crippen molar-refractivity contribution in [2.75, 3.05) is 67.6 Å². The van der Waals surface area contributed by atoms with Gasteiger partial charge in [-0.15, -0.1) is 0 Å². The maximum absolute atomic E-state index is 14.4. The highest BCUT2D eigenvalue weighted by Gasteiger charge is 2.33. The normalized spacial score (nSPS) is 12.6. The van der Waals surface area contributed by atoms with Crippen molar-refractivity contribution in [3.05, 3.63) is 24.3 Å². The Morgan fingerprint density at radius 3 is 0.962 bits per heavy atom. The molecule has 0 aliphatic heterocycles. The summed E-state index contributed by atoms with van der Waals surface area (Å²) >= 11 is 0. The van der Waals surface area contributed by atoms with Crippen LogP contribution in [-0.4, -0.2) is 82.1 Å². The number of unbranched alkanes of at least 4 members (excludes halogenated alkanes) is 24. The van der Waals surface area contributed by atoms with Crippen molar-refractivity contribution in [2.45, 2.75) is 206 Å². The molecule has 0 aromatic heterocycles. The molecule has 0 aromatic rings. The van der Waals surface area contributed by atoms with Crippen LogP contribution >= 0.6 is 7.75 Å². The first-order valence-corrected chi connectivity index (χ1v) is 24.6. The first kappa shape index (κ1) is 52.5. The van der Waals surface area contributed by atoms with Crippen molar-refractivity contribution in [1.82, 2.24) is 14.5 Å². The second-order valence-electron chi connectivity index (χ2n) is 16.3. The molecule has 0 fully saturated rings. The molecule has 0 spiro atoms. The summed E-state index contributed by atoms with van der Waals surface area (Å²) < 4.78 is 29.0. The highest BCUT2D eigenvalue weighted by Crippen LogP contribution is 2.52. The topological polar surface area (TPSA) is 45.3 Å². The van der Waals surface area contributed by atoms with Crippen molar-refractivity contribution in [2.24, 2.45) is 0 Å². The highest BCUT2D eigenvalue weighted by atomic mass is 31.2. The molecular weight excluding hydrogens is 673 g/mol. The van der Waals surface area contributed by atoms with Crippen molar-refractivity contribution < 1.29 is 13.6 Å². The van der Waals surface area contributed by atoms with Gasteiger partial charge < -0.3 is 9.80 Å². The lowest BCUT2D eigenvalue weighted by molar-refractivity contribution is 0.147. The predicted octanol–water partition coefficient (Wildman–Crippen LogP) is 14.4. The zero-order valence-electron chi connectivity index (χ0n) is 36.8. The van der Waals surface area contributed by atoms with Crippen molar-refractivity contribution in [1.29, 1.82) is 0 Å². The molecule has 0 saturated heterocycles. The van der Waals surface area contributed by atoms with Gasteiger partial charge in [-0.3, -0.25) is 9.05 Å². The zero-order valence-corrected chi connectivity index (χ0v) is 37.7. The van der Waals surface area contributed by atoms with E-state index < -0.39 is 7.75 Å². The quantitative estimate of drug-likeness (QED) is 0.0350. The number of nitrogens with zero attached hydrogens (tertiary/aromatic N) is 3. The van der Waals surface area contributed by atoms with Gasteiger partial charge in [0.05, 0.1) is 13.2 Å². The molecular formula is C46H94N3O3P. The molecule has 53 heavy (non-hydrogen) atoms. The Morgan fingerprint density at radius 2 is 0.660 bits per heavy atom. The van der Waals surface area contributed by atoms with Gasteiger partial charge in [0.1, 0.15) is 0 Å². The van der Waals surface area contributed by atoms with Gasteiger partial charge in [-0.1, -0.05) is 154 Å². The molecule has 0 bridgehead atoms. The highest BCUT2D eigenvalue weighted by molar-refractivity contribution is 7.51. The zero-order chi connectivity index (χ0) is 38.9. The van der Waals surface area contributed by atoms with E-state index in [0.717, 1.165) is 64.7 Å². The monoisotopic (exact) mass is 768 g/mol. The fourth-order valence-corrected chi connectivity index (χ4v) is 8.65. The van der Waals surface area contributed by atoms with Crippen LogP contribution in [0.3, 0.4) is 0 Å². The van der Waals surface area contributed by atoms with Crippen LogP contribution in [0.4, 0.5) is 0 Å². The minimum Gasteiger partial charge on any atom is -0.309 e. The Hall–Kier alpha value is -0.490. The first-order chi connectivity index (χ1) is 25.9.